The van der Waals surface area contributed by atoms with Crippen LogP contribution < -0.4 is 5.32 Å². The van der Waals surface area contributed by atoms with Gasteiger partial charge in [0.2, 0.25) is 0 Å². The Hall–Kier alpha value is -1.51. The lowest BCUT2D eigenvalue weighted by atomic mass is 9.83. The topological polar surface area (TPSA) is 71.4 Å². The zero-order valence-electron chi connectivity index (χ0n) is 15.0. The molecule has 5 nitrogen and oxygen atoms in total. The van der Waals surface area contributed by atoms with Gasteiger partial charge in [0.05, 0.1) is 21.8 Å². The quantitative estimate of drug-likeness (QED) is 0.606. The van der Waals surface area contributed by atoms with E-state index in [9.17, 15) is 9.00 Å². The zero-order valence-corrected chi connectivity index (χ0v) is 18.2. The zero-order chi connectivity index (χ0) is 18.3. The van der Waals surface area contributed by atoms with Crippen molar-refractivity contribution in [2.75, 3.05) is 5.32 Å². The van der Waals surface area contributed by atoms with Crippen molar-refractivity contribution < 1.29 is 9.00 Å². The first kappa shape index (κ1) is 17.9. The fraction of sp³-hybridized carbons (Fsp3) is 0.444. The molecule has 2 aliphatic rings. The van der Waals surface area contributed by atoms with Crippen molar-refractivity contribution in [3.8, 4) is 0 Å². The summed E-state index contributed by atoms with van der Waals surface area (Å²) >= 11 is 1.42. The van der Waals surface area contributed by atoms with Crippen molar-refractivity contribution in [3.05, 3.63) is 39.5 Å². The van der Waals surface area contributed by atoms with Crippen LogP contribution in [0, 0.1) is 0 Å². The molecule has 2 unspecified atom stereocenters. The third-order valence-electron chi connectivity index (χ3n) is 5.39. The predicted octanol–water partition coefficient (Wildman–Crippen LogP) is 3.26. The number of aromatic nitrogens is 1. The smallest absolute Gasteiger partial charge is 0.305 e. The highest BCUT2D eigenvalue weighted by atomic mass is 32.2. The van der Waals surface area contributed by atoms with Crippen LogP contribution in [-0.2, 0) is 36.3 Å². The number of aryl methyl sites for hydroxylation is 2. The maximum atomic E-state index is 12.5. The highest BCUT2D eigenvalue weighted by molar-refractivity contribution is 7.78. The van der Waals surface area contributed by atoms with Crippen molar-refractivity contribution in [3.63, 3.8) is 0 Å². The summed E-state index contributed by atoms with van der Waals surface area (Å²) in [5, 5.41) is 3.96. The van der Waals surface area contributed by atoms with E-state index in [1.807, 2.05) is 0 Å². The molecule has 2 atom stereocenters. The Balaban J connectivity index is 1.55. The Morgan fingerprint density at radius 1 is 1.31 bits per heavy atom. The lowest BCUT2D eigenvalue weighted by molar-refractivity contribution is 0.260. The minimum absolute atomic E-state index is 0.197. The molecule has 2 aromatic rings. The van der Waals surface area contributed by atoms with Crippen LogP contribution in [0.5, 0.6) is 0 Å². The molecule has 2 amide bonds. The molecule has 0 saturated carbocycles. The molecule has 1 N–H and O–H groups in total. The van der Waals surface area contributed by atoms with Gasteiger partial charge >= 0.3 is 6.03 Å². The molecule has 0 fully saturated rings. The van der Waals surface area contributed by atoms with Gasteiger partial charge in [-0.25, -0.2) is 14.0 Å². The molecule has 0 radical (unpaired) electrons. The van der Waals surface area contributed by atoms with Crippen LogP contribution in [0.4, 0.5) is 10.5 Å². The van der Waals surface area contributed by atoms with Gasteiger partial charge in [-0.05, 0) is 59.9 Å². The number of benzene rings is 1. The number of carbonyl (C=O) groups excluding carboxylic acids is 1. The van der Waals surface area contributed by atoms with Crippen LogP contribution in [0.1, 0.15) is 46.1 Å². The largest absolute Gasteiger partial charge is 0.353 e. The van der Waals surface area contributed by atoms with Gasteiger partial charge in [-0.2, -0.15) is 0 Å². The second-order valence-corrected chi connectivity index (χ2v) is 11.7. The molecule has 1 heterocycles. The van der Waals surface area contributed by atoms with Gasteiger partial charge in [-0.1, -0.05) is 19.5 Å². The third-order valence-corrected chi connectivity index (χ3v) is 9.93. The molecule has 1 aromatic carbocycles. The number of hydrogen-bond donors (Lipinski definition) is 2. The standard InChI is InChI=1S/C18H23N3O2S2Si/c1-10(26-2)17-19-9-15(24-17)25(23)21-18(22)20-16-13-5-3-4-11(13)8-12-6-7-14(12)16/h8-10,25H,3-7,26H2,1-2H3,(H,20,22). The van der Waals surface area contributed by atoms with Gasteiger partial charge in [-0.3, -0.25) is 0 Å². The minimum atomic E-state index is -2.09. The van der Waals surface area contributed by atoms with E-state index in [2.05, 4.69) is 34.2 Å². The second kappa shape index (κ2) is 7.25. The number of fused-ring (bicyclic) bond motifs is 2. The van der Waals surface area contributed by atoms with Crippen molar-refractivity contribution in [2.45, 2.75) is 55.3 Å². The Morgan fingerprint density at radius 3 is 2.81 bits per heavy atom. The van der Waals surface area contributed by atoms with E-state index in [1.54, 1.807) is 6.20 Å². The summed E-state index contributed by atoms with van der Waals surface area (Å²) in [6.07, 6.45) is 6.92. The summed E-state index contributed by atoms with van der Waals surface area (Å²) in [5.41, 5.74) is 6.60. The lowest BCUT2D eigenvalue weighted by Crippen LogP contribution is -2.18. The molecule has 2 aliphatic carbocycles. The van der Waals surface area contributed by atoms with Crippen molar-refractivity contribution in [1.82, 2.24) is 4.98 Å². The SMILES string of the molecule is C[SiH2]C(C)c1ncc(/[SH](=O)=N/C(=O)Nc2c3c(cc4c2CC4)CCC3)s1. The van der Waals surface area contributed by atoms with Gasteiger partial charge in [0.25, 0.3) is 0 Å². The Morgan fingerprint density at radius 2 is 2.08 bits per heavy atom. The number of hydrogen-bond acceptors (Lipinski definition) is 4. The van der Waals surface area contributed by atoms with Gasteiger partial charge in [0, 0.05) is 15.2 Å². The fourth-order valence-electron chi connectivity index (χ4n) is 3.63. The van der Waals surface area contributed by atoms with E-state index in [0.29, 0.717) is 9.75 Å². The number of nitrogens with zero attached hydrogens (tertiary/aromatic N) is 2. The molecule has 8 heteroatoms. The van der Waals surface area contributed by atoms with E-state index >= 15 is 0 Å². The molecule has 0 bridgehead atoms. The number of thiazole rings is 1. The number of amides is 2. The van der Waals surface area contributed by atoms with Crippen LogP contribution in [0.15, 0.2) is 20.8 Å². The van der Waals surface area contributed by atoms with Crippen molar-refractivity contribution >= 4 is 43.2 Å². The summed E-state index contributed by atoms with van der Waals surface area (Å²) < 4.78 is 17.0. The van der Waals surface area contributed by atoms with E-state index in [1.165, 1.54) is 33.6 Å². The maximum absolute atomic E-state index is 12.5. The molecule has 26 heavy (non-hydrogen) atoms. The number of nitrogens with one attached hydrogen (secondary N) is 1. The summed E-state index contributed by atoms with van der Waals surface area (Å²) in [7, 11) is -2.29. The second-order valence-electron chi connectivity index (χ2n) is 7.03. The average Bonchev–Trinajstić information content (AvgIpc) is 3.26. The molecule has 0 saturated heterocycles. The van der Waals surface area contributed by atoms with Crippen LogP contribution in [0.3, 0.4) is 0 Å². The molecule has 1 aromatic heterocycles. The fourth-order valence-corrected chi connectivity index (χ4v) is 6.64. The Bertz CT molecular complexity index is 964. The Kier molecular flexibility index (Phi) is 4.98. The third kappa shape index (κ3) is 3.25. The molecule has 138 valence electrons. The molecule has 4 rings (SSSR count). The first-order valence-electron chi connectivity index (χ1n) is 9.19. The number of carbonyl (C=O) groups is 1. The van der Waals surface area contributed by atoms with E-state index < -0.39 is 16.6 Å². The van der Waals surface area contributed by atoms with Crippen LogP contribution >= 0.6 is 11.3 Å². The minimum Gasteiger partial charge on any atom is -0.305 e. The van der Waals surface area contributed by atoms with Crippen LogP contribution in [0.25, 0.3) is 0 Å². The summed E-state index contributed by atoms with van der Waals surface area (Å²) in [6.45, 7) is 4.39. The number of urea groups is 1. The lowest BCUT2D eigenvalue weighted by Gasteiger charge is -2.25. The summed E-state index contributed by atoms with van der Waals surface area (Å²) in [5.74, 6) is 0. The Labute approximate surface area is 161 Å². The predicted molar refractivity (Wildman–Crippen MR) is 110 cm³/mol. The monoisotopic (exact) mass is 405 g/mol. The molecule has 0 spiro atoms. The first-order chi connectivity index (χ1) is 12.6. The number of anilines is 1. The van der Waals surface area contributed by atoms with Crippen molar-refractivity contribution in [2.24, 2.45) is 4.36 Å². The van der Waals surface area contributed by atoms with Gasteiger partial charge in [-0.15, -0.1) is 15.7 Å². The van der Waals surface area contributed by atoms with E-state index in [0.717, 1.165) is 42.8 Å². The van der Waals surface area contributed by atoms with Crippen LogP contribution in [-0.4, -0.2) is 24.7 Å². The van der Waals surface area contributed by atoms with Gasteiger partial charge < -0.3 is 5.32 Å². The highest BCUT2D eigenvalue weighted by Gasteiger charge is 2.26. The van der Waals surface area contributed by atoms with Crippen molar-refractivity contribution in [1.29, 1.82) is 0 Å². The number of rotatable bonds is 4. The highest BCUT2D eigenvalue weighted by Crippen LogP contribution is 2.39. The first-order valence-corrected chi connectivity index (χ1v) is 13.4. The summed E-state index contributed by atoms with van der Waals surface area (Å²) in [6, 6.07) is 1.79. The average molecular weight is 406 g/mol. The molecular formula is C18H23N3O2S2Si. The van der Waals surface area contributed by atoms with Gasteiger partial charge in [0.1, 0.15) is 4.21 Å². The van der Waals surface area contributed by atoms with E-state index in [4.69, 9.17) is 0 Å². The summed E-state index contributed by atoms with van der Waals surface area (Å²) in [4.78, 5) is 16.8. The molecule has 0 aliphatic heterocycles. The maximum Gasteiger partial charge on any atom is 0.353 e. The van der Waals surface area contributed by atoms with Gasteiger partial charge in [0.15, 0.2) is 0 Å². The number of thiol groups is 1. The molecular weight excluding hydrogens is 382 g/mol. The van der Waals surface area contributed by atoms with Crippen LogP contribution in [0.2, 0.25) is 6.55 Å². The normalized spacial score (nSPS) is 17.8. The van der Waals surface area contributed by atoms with E-state index in [-0.39, 0.29) is 9.52 Å².